The molecule has 1 fully saturated rings. The molecule has 0 saturated heterocycles. The molecule has 21 heavy (non-hydrogen) atoms. The Morgan fingerprint density at radius 2 is 2.19 bits per heavy atom. The van der Waals surface area contributed by atoms with E-state index in [2.05, 4.69) is 28.3 Å². The maximum Gasteiger partial charge on any atom is 0.233 e. The molecule has 1 atom stereocenters. The summed E-state index contributed by atoms with van der Waals surface area (Å²) < 4.78 is 0. The Morgan fingerprint density at radius 3 is 2.95 bits per heavy atom. The van der Waals surface area contributed by atoms with Crippen molar-refractivity contribution < 1.29 is 4.79 Å². The van der Waals surface area contributed by atoms with Crippen molar-refractivity contribution in [1.29, 1.82) is 0 Å². The number of carbonyl (C=O) groups excluding carboxylic acids is 1. The number of thioether (sulfide) groups is 1. The van der Waals surface area contributed by atoms with Crippen LogP contribution >= 0.6 is 11.8 Å². The molecule has 1 aliphatic carbocycles. The molecule has 4 nitrogen and oxygen atoms in total. The van der Waals surface area contributed by atoms with E-state index in [0.717, 1.165) is 29.0 Å². The molecule has 1 saturated carbocycles. The average Bonchev–Trinajstić information content (AvgIpc) is 3.07. The van der Waals surface area contributed by atoms with E-state index in [1.54, 1.807) is 0 Å². The van der Waals surface area contributed by atoms with Gasteiger partial charge in [0.1, 0.15) is 0 Å². The topological polar surface area (TPSA) is 57.8 Å². The lowest BCUT2D eigenvalue weighted by Gasteiger charge is -2.15. The first-order valence-corrected chi connectivity index (χ1v) is 8.43. The van der Waals surface area contributed by atoms with Crippen molar-refractivity contribution in [2.45, 2.75) is 56.0 Å². The van der Waals surface area contributed by atoms with Gasteiger partial charge in [0, 0.05) is 6.04 Å². The second-order valence-corrected chi connectivity index (χ2v) is 7.14. The van der Waals surface area contributed by atoms with Crippen LogP contribution in [0, 0.1) is 6.92 Å². The molecule has 0 radical (unpaired) electrons. The van der Waals surface area contributed by atoms with Crippen LogP contribution in [0.2, 0.25) is 0 Å². The number of rotatable bonds is 4. The van der Waals surface area contributed by atoms with E-state index in [-0.39, 0.29) is 11.2 Å². The third kappa shape index (κ3) is 3.40. The summed E-state index contributed by atoms with van der Waals surface area (Å²) >= 11 is 1.49. The monoisotopic (exact) mass is 303 g/mol. The van der Waals surface area contributed by atoms with Crippen molar-refractivity contribution in [3.8, 4) is 0 Å². The summed E-state index contributed by atoms with van der Waals surface area (Å²) in [5.74, 6) is 0.114. The highest BCUT2D eigenvalue weighted by molar-refractivity contribution is 8.00. The van der Waals surface area contributed by atoms with E-state index in [9.17, 15) is 4.79 Å². The van der Waals surface area contributed by atoms with Crippen LogP contribution in [0.5, 0.6) is 0 Å². The lowest BCUT2D eigenvalue weighted by Crippen LogP contribution is -2.37. The molecule has 112 valence electrons. The van der Waals surface area contributed by atoms with E-state index in [4.69, 9.17) is 0 Å². The van der Waals surface area contributed by atoms with Crippen molar-refractivity contribution in [3.05, 3.63) is 23.8 Å². The fourth-order valence-corrected chi connectivity index (χ4v) is 3.60. The van der Waals surface area contributed by atoms with Crippen molar-refractivity contribution >= 4 is 28.7 Å². The second kappa shape index (κ2) is 6.10. The molecular formula is C16H21N3OS. The molecule has 0 aliphatic heterocycles. The number of aromatic nitrogens is 2. The highest BCUT2D eigenvalue weighted by Crippen LogP contribution is 2.25. The summed E-state index contributed by atoms with van der Waals surface area (Å²) in [6.45, 7) is 4.00. The van der Waals surface area contributed by atoms with E-state index < -0.39 is 0 Å². The van der Waals surface area contributed by atoms with E-state index >= 15 is 0 Å². The highest BCUT2D eigenvalue weighted by atomic mass is 32.2. The zero-order valence-corrected chi connectivity index (χ0v) is 13.3. The predicted molar refractivity (Wildman–Crippen MR) is 86.5 cm³/mol. The first kappa shape index (κ1) is 14.4. The van der Waals surface area contributed by atoms with Crippen molar-refractivity contribution in [2.75, 3.05) is 0 Å². The number of imidazole rings is 1. The third-order valence-electron chi connectivity index (χ3n) is 3.97. The first-order chi connectivity index (χ1) is 10.1. The lowest BCUT2D eigenvalue weighted by molar-refractivity contribution is -0.120. The third-order valence-corrected chi connectivity index (χ3v) is 4.96. The fourth-order valence-electron chi connectivity index (χ4n) is 2.77. The average molecular weight is 303 g/mol. The Labute approximate surface area is 129 Å². The Balaban J connectivity index is 1.64. The number of fused-ring (bicyclic) bond motifs is 1. The van der Waals surface area contributed by atoms with Gasteiger partial charge in [0.05, 0.1) is 16.3 Å². The molecule has 1 aromatic carbocycles. The molecule has 3 rings (SSSR count). The SMILES string of the molecule is Cc1ccc2nc(S[C@H](C)C(=O)NC3CCCC3)[nH]c2c1. The zero-order chi connectivity index (χ0) is 14.8. The number of benzene rings is 1. The largest absolute Gasteiger partial charge is 0.352 e. The van der Waals surface area contributed by atoms with Gasteiger partial charge in [0.25, 0.3) is 0 Å². The van der Waals surface area contributed by atoms with Crippen LogP contribution < -0.4 is 5.32 Å². The van der Waals surface area contributed by atoms with E-state index in [1.807, 2.05) is 19.1 Å². The van der Waals surface area contributed by atoms with Gasteiger partial charge in [0.2, 0.25) is 5.91 Å². The molecule has 2 aromatic rings. The Morgan fingerprint density at radius 1 is 1.43 bits per heavy atom. The van der Waals surface area contributed by atoms with Gasteiger partial charge in [-0.2, -0.15) is 0 Å². The van der Waals surface area contributed by atoms with Gasteiger partial charge in [-0.25, -0.2) is 4.98 Å². The maximum absolute atomic E-state index is 12.2. The van der Waals surface area contributed by atoms with Gasteiger partial charge in [-0.1, -0.05) is 30.7 Å². The minimum atomic E-state index is -0.132. The lowest BCUT2D eigenvalue weighted by atomic mass is 10.2. The first-order valence-electron chi connectivity index (χ1n) is 7.55. The van der Waals surface area contributed by atoms with Crippen LogP contribution in [0.3, 0.4) is 0 Å². The van der Waals surface area contributed by atoms with Crippen LogP contribution in [0.25, 0.3) is 11.0 Å². The molecule has 5 heteroatoms. The summed E-state index contributed by atoms with van der Waals surface area (Å²) in [6, 6.07) is 6.51. The number of hydrogen-bond donors (Lipinski definition) is 2. The Hall–Kier alpha value is -1.49. The van der Waals surface area contributed by atoms with Gasteiger partial charge in [-0.3, -0.25) is 4.79 Å². The van der Waals surface area contributed by atoms with Gasteiger partial charge in [-0.05, 0) is 44.4 Å². The number of hydrogen-bond acceptors (Lipinski definition) is 3. The quantitative estimate of drug-likeness (QED) is 0.851. The van der Waals surface area contributed by atoms with Crippen molar-refractivity contribution in [3.63, 3.8) is 0 Å². The second-order valence-electron chi connectivity index (χ2n) is 5.81. The zero-order valence-electron chi connectivity index (χ0n) is 12.5. The standard InChI is InChI=1S/C16H21N3OS/c1-10-7-8-13-14(9-10)19-16(18-13)21-11(2)15(20)17-12-5-3-4-6-12/h7-9,11-12H,3-6H2,1-2H3,(H,17,20)(H,18,19)/t11-/m1/s1. The van der Waals surface area contributed by atoms with Crippen LogP contribution in [-0.4, -0.2) is 27.2 Å². The highest BCUT2D eigenvalue weighted by Gasteiger charge is 2.22. The van der Waals surface area contributed by atoms with Crippen molar-refractivity contribution in [1.82, 2.24) is 15.3 Å². The normalized spacial score (nSPS) is 17.2. The number of nitrogens with one attached hydrogen (secondary N) is 2. The van der Waals surface area contributed by atoms with Crippen molar-refractivity contribution in [2.24, 2.45) is 0 Å². The van der Waals surface area contributed by atoms with Gasteiger partial charge < -0.3 is 10.3 Å². The minimum absolute atomic E-state index is 0.114. The molecular weight excluding hydrogens is 282 g/mol. The summed E-state index contributed by atoms with van der Waals surface area (Å²) in [5, 5.41) is 3.82. The Kier molecular flexibility index (Phi) is 4.19. The van der Waals surface area contributed by atoms with Crippen LogP contribution in [0.1, 0.15) is 38.2 Å². The minimum Gasteiger partial charge on any atom is -0.352 e. The van der Waals surface area contributed by atoms with E-state index in [1.165, 1.54) is 30.2 Å². The number of aryl methyl sites for hydroxylation is 1. The number of aromatic amines is 1. The van der Waals surface area contributed by atoms with Crippen LogP contribution in [0.4, 0.5) is 0 Å². The molecule has 1 aromatic heterocycles. The fraction of sp³-hybridized carbons (Fsp3) is 0.500. The predicted octanol–water partition coefficient (Wildman–Crippen LogP) is 3.41. The Bertz CT molecular complexity index is 646. The number of amides is 1. The molecule has 0 unspecified atom stereocenters. The summed E-state index contributed by atoms with van der Waals surface area (Å²) in [4.78, 5) is 20.0. The summed E-state index contributed by atoms with van der Waals surface area (Å²) in [6.07, 6.45) is 4.70. The maximum atomic E-state index is 12.2. The van der Waals surface area contributed by atoms with Crippen LogP contribution in [0.15, 0.2) is 23.4 Å². The summed E-state index contributed by atoms with van der Waals surface area (Å²) in [5.41, 5.74) is 3.18. The summed E-state index contributed by atoms with van der Waals surface area (Å²) in [7, 11) is 0. The number of nitrogens with zero attached hydrogens (tertiary/aromatic N) is 1. The molecule has 0 spiro atoms. The van der Waals surface area contributed by atoms with Gasteiger partial charge in [-0.15, -0.1) is 0 Å². The molecule has 1 amide bonds. The molecule has 1 heterocycles. The van der Waals surface area contributed by atoms with Gasteiger partial charge in [0.15, 0.2) is 5.16 Å². The van der Waals surface area contributed by atoms with Gasteiger partial charge >= 0.3 is 0 Å². The molecule has 1 aliphatic rings. The van der Waals surface area contributed by atoms with E-state index in [0.29, 0.717) is 6.04 Å². The smallest absolute Gasteiger partial charge is 0.233 e. The number of carbonyl (C=O) groups is 1. The van der Waals surface area contributed by atoms with Crippen LogP contribution in [-0.2, 0) is 4.79 Å². The number of H-pyrrole nitrogens is 1. The molecule has 0 bridgehead atoms. The molecule has 2 N–H and O–H groups in total.